The highest BCUT2D eigenvalue weighted by atomic mass is 16.1. The van der Waals surface area contributed by atoms with Crippen molar-refractivity contribution < 1.29 is 9.69 Å². The van der Waals surface area contributed by atoms with E-state index in [2.05, 4.69) is 31.4 Å². The number of quaternary nitrogens is 1. The number of nitrogens with one attached hydrogen (secondary N) is 2. The van der Waals surface area contributed by atoms with Crippen LogP contribution in [0, 0.1) is 20.8 Å². The van der Waals surface area contributed by atoms with Crippen LogP contribution in [0.1, 0.15) is 27.3 Å². The van der Waals surface area contributed by atoms with Crippen LogP contribution in [-0.2, 0) is 0 Å². The van der Waals surface area contributed by atoms with Crippen LogP contribution >= 0.6 is 0 Å². The summed E-state index contributed by atoms with van der Waals surface area (Å²) >= 11 is 0. The van der Waals surface area contributed by atoms with Gasteiger partial charge >= 0.3 is 0 Å². The van der Waals surface area contributed by atoms with E-state index in [1.807, 2.05) is 42.8 Å². The van der Waals surface area contributed by atoms with Crippen LogP contribution in [0.4, 0.5) is 0 Å². The lowest BCUT2D eigenvalue weighted by Crippen LogP contribution is -3.06. The summed E-state index contributed by atoms with van der Waals surface area (Å²) in [7, 11) is 4.14. The Labute approximate surface area is 131 Å². The average molecular weight is 301 g/mol. The van der Waals surface area contributed by atoms with Crippen LogP contribution in [0.3, 0.4) is 0 Å². The number of hydrogen-bond donors (Lipinski definition) is 2. The van der Waals surface area contributed by atoms with E-state index < -0.39 is 0 Å². The Hall–Kier alpha value is -2.14. The topological polar surface area (TPSA) is 51.4 Å². The number of carbonyl (C=O) groups excluding carboxylic acids is 1. The highest BCUT2D eigenvalue weighted by molar-refractivity contribution is 5.96. The number of likely N-dealkylation sites (N-methyl/N-ethyl adjacent to an activating group) is 1. The van der Waals surface area contributed by atoms with E-state index in [9.17, 15) is 4.79 Å². The Morgan fingerprint density at radius 2 is 1.82 bits per heavy atom. The number of aromatic nitrogens is 2. The lowest BCUT2D eigenvalue weighted by molar-refractivity contribution is -0.856. The number of rotatable bonds is 5. The molecule has 2 N–H and O–H groups in total. The average Bonchev–Trinajstić information content (AvgIpc) is 2.74. The first-order valence-electron chi connectivity index (χ1n) is 7.60. The van der Waals surface area contributed by atoms with E-state index in [4.69, 9.17) is 0 Å². The van der Waals surface area contributed by atoms with Gasteiger partial charge in [-0.15, -0.1) is 0 Å². The molecule has 0 fully saturated rings. The molecule has 0 saturated carbocycles. The summed E-state index contributed by atoms with van der Waals surface area (Å²) < 4.78 is 1.83. The standard InChI is InChI=1S/C17H24N4O/c1-12-6-8-15(9-7-12)21-14(3)16(13(2)19-21)17(22)18-10-11-20(4)5/h6-9H,10-11H2,1-5H3,(H,18,22)/p+1. The predicted molar refractivity (Wildman–Crippen MR) is 87.8 cm³/mol. The van der Waals surface area contributed by atoms with Gasteiger partial charge in [0.15, 0.2) is 0 Å². The Morgan fingerprint density at radius 3 is 2.41 bits per heavy atom. The van der Waals surface area contributed by atoms with Crippen LogP contribution in [0.25, 0.3) is 5.69 Å². The minimum Gasteiger partial charge on any atom is -0.346 e. The monoisotopic (exact) mass is 301 g/mol. The summed E-state index contributed by atoms with van der Waals surface area (Å²) in [5.74, 6) is -0.0467. The molecule has 5 nitrogen and oxygen atoms in total. The van der Waals surface area contributed by atoms with E-state index >= 15 is 0 Å². The van der Waals surface area contributed by atoms with Crippen molar-refractivity contribution in [2.75, 3.05) is 27.2 Å². The number of nitrogens with zero attached hydrogens (tertiary/aromatic N) is 2. The zero-order valence-electron chi connectivity index (χ0n) is 14.0. The van der Waals surface area contributed by atoms with Gasteiger partial charge in [-0.3, -0.25) is 4.79 Å². The number of hydrogen-bond acceptors (Lipinski definition) is 2. The first-order chi connectivity index (χ1) is 10.4. The van der Waals surface area contributed by atoms with E-state index in [-0.39, 0.29) is 5.91 Å². The highest BCUT2D eigenvalue weighted by Crippen LogP contribution is 2.18. The first-order valence-corrected chi connectivity index (χ1v) is 7.60. The van der Waals surface area contributed by atoms with Crippen molar-refractivity contribution in [3.63, 3.8) is 0 Å². The molecule has 1 heterocycles. The molecule has 1 amide bonds. The summed E-state index contributed by atoms with van der Waals surface area (Å²) in [6, 6.07) is 8.13. The Kier molecular flexibility index (Phi) is 4.98. The first kappa shape index (κ1) is 16.2. The molecule has 0 atom stereocenters. The number of benzene rings is 1. The predicted octanol–water partition coefficient (Wildman–Crippen LogP) is 0.672. The lowest BCUT2D eigenvalue weighted by atomic mass is 10.1. The molecule has 2 rings (SSSR count). The summed E-state index contributed by atoms with van der Waals surface area (Å²) in [5.41, 5.74) is 4.48. The van der Waals surface area contributed by atoms with Crippen molar-refractivity contribution in [1.29, 1.82) is 0 Å². The van der Waals surface area contributed by atoms with Gasteiger partial charge in [0.25, 0.3) is 5.91 Å². The summed E-state index contributed by atoms with van der Waals surface area (Å²) in [6.07, 6.45) is 0. The molecule has 0 bridgehead atoms. The molecule has 1 aromatic carbocycles. The van der Waals surface area contributed by atoms with Gasteiger partial charge in [0.2, 0.25) is 0 Å². The van der Waals surface area contributed by atoms with Gasteiger partial charge in [-0.25, -0.2) is 4.68 Å². The molecule has 5 heteroatoms. The molecular formula is C17H25N4O+. The summed E-state index contributed by atoms with van der Waals surface area (Å²) in [6.45, 7) is 7.43. The molecule has 0 aliphatic heterocycles. The van der Waals surface area contributed by atoms with Gasteiger partial charge in [-0.1, -0.05) is 17.7 Å². The van der Waals surface area contributed by atoms with Crippen molar-refractivity contribution in [3.8, 4) is 5.69 Å². The zero-order valence-corrected chi connectivity index (χ0v) is 14.0. The zero-order chi connectivity index (χ0) is 16.3. The van der Waals surface area contributed by atoms with E-state index in [1.54, 1.807) is 0 Å². The third kappa shape index (κ3) is 3.54. The van der Waals surface area contributed by atoms with Crippen LogP contribution in [0.2, 0.25) is 0 Å². The minimum absolute atomic E-state index is 0.0467. The van der Waals surface area contributed by atoms with Crippen LogP contribution in [-0.4, -0.2) is 42.9 Å². The fraction of sp³-hybridized carbons (Fsp3) is 0.412. The molecule has 1 aromatic heterocycles. The fourth-order valence-corrected chi connectivity index (χ4v) is 2.42. The maximum Gasteiger partial charge on any atom is 0.255 e. The van der Waals surface area contributed by atoms with Crippen LogP contribution in [0.5, 0.6) is 0 Å². The van der Waals surface area contributed by atoms with Gasteiger partial charge < -0.3 is 10.2 Å². The van der Waals surface area contributed by atoms with E-state index in [0.29, 0.717) is 12.1 Å². The third-order valence-corrected chi connectivity index (χ3v) is 3.71. The Morgan fingerprint density at radius 1 is 1.18 bits per heavy atom. The quantitative estimate of drug-likeness (QED) is 0.853. The molecule has 0 saturated heterocycles. The minimum atomic E-state index is -0.0467. The number of aryl methyl sites for hydroxylation is 2. The van der Waals surface area contributed by atoms with E-state index in [1.165, 1.54) is 10.5 Å². The maximum atomic E-state index is 12.4. The highest BCUT2D eigenvalue weighted by Gasteiger charge is 2.19. The number of amides is 1. The summed E-state index contributed by atoms with van der Waals surface area (Å²) in [5, 5.41) is 7.50. The molecule has 0 spiro atoms. The maximum absolute atomic E-state index is 12.4. The molecular weight excluding hydrogens is 276 g/mol. The Balaban J connectivity index is 2.23. The molecule has 2 aromatic rings. The second kappa shape index (κ2) is 6.75. The summed E-state index contributed by atoms with van der Waals surface area (Å²) in [4.78, 5) is 13.7. The SMILES string of the molecule is Cc1ccc(-n2nc(C)c(C(=O)NCC[NH+](C)C)c2C)cc1. The second-order valence-corrected chi connectivity index (χ2v) is 6.01. The molecule has 0 unspecified atom stereocenters. The molecule has 0 aliphatic rings. The third-order valence-electron chi connectivity index (χ3n) is 3.71. The molecule has 22 heavy (non-hydrogen) atoms. The Bertz CT molecular complexity index is 656. The van der Waals surface area contributed by atoms with Crippen molar-refractivity contribution >= 4 is 5.91 Å². The van der Waals surface area contributed by atoms with Gasteiger partial charge in [0.05, 0.1) is 49.8 Å². The van der Waals surface area contributed by atoms with Gasteiger partial charge in [-0.2, -0.15) is 5.10 Å². The largest absolute Gasteiger partial charge is 0.346 e. The fourth-order valence-electron chi connectivity index (χ4n) is 2.42. The number of carbonyl (C=O) groups is 1. The second-order valence-electron chi connectivity index (χ2n) is 6.01. The van der Waals surface area contributed by atoms with Crippen molar-refractivity contribution in [2.45, 2.75) is 20.8 Å². The molecule has 0 radical (unpaired) electrons. The normalized spacial score (nSPS) is 11.0. The molecule has 118 valence electrons. The van der Waals surface area contributed by atoms with Crippen LogP contribution < -0.4 is 10.2 Å². The van der Waals surface area contributed by atoms with Gasteiger partial charge in [0.1, 0.15) is 0 Å². The smallest absolute Gasteiger partial charge is 0.255 e. The lowest BCUT2D eigenvalue weighted by Gasteiger charge is -2.09. The van der Waals surface area contributed by atoms with Gasteiger partial charge in [-0.05, 0) is 32.9 Å². The van der Waals surface area contributed by atoms with Crippen molar-refractivity contribution in [2.24, 2.45) is 0 Å². The van der Waals surface area contributed by atoms with Crippen molar-refractivity contribution in [3.05, 3.63) is 46.8 Å². The van der Waals surface area contributed by atoms with E-state index in [0.717, 1.165) is 23.6 Å². The van der Waals surface area contributed by atoms with Crippen LogP contribution in [0.15, 0.2) is 24.3 Å². The molecule has 0 aliphatic carbocycles. The van der Waals surface area contributed by atoms with Gasteiger partial charge in [0, 0.05) is 0 Å². The van der Waals surface area contributed by atoms with Crippen molar-refractivity contribution in [1.82, 2.24) is 15.1 Å².